The van der Waals surface area contributed by atoms with Crippen molar-refractivity contribution in [1.82, 2.24) is 19.9 Å². The van der Waals surface area contributed by atoms with Crippen molar-refractivity contribution in [2.45, 2.75) is 69.6 Å². The molecule has 3 fully saturated rings. The standard InChI is InChI=1S/C33H34F4N4O4/c34-27-28(23-10-4-8-21-7-3-9-22(26(21)23)18-43-25-11-1-2-16-42-25)38-17-24-29(27)39-31(40-30(24)44-20-33(35,36)37)45-19-32-12-5-14-41(32)15-6-13-32/h3-4,7-10,17,25H,1-2,5-6,11-16,18-20H2. The van der Waals surface area contributed by atoms with Gasteiger partial charge in [0.15, 0.2) is 18.7 Å². The van der Waals surface area contributed by atoms with Gasteiger partial charge in [-0.2, -0.15) is 23.1 Å². The predicted octanol–water partition coefficient (Wildman–Crippen LogP) is 6.98. The minimum absolute atomic E-state index is 0.00255. The van der Waals surface area contributed by atoms with Gasteiger partial charge in [0.05, 0.1) is 17.5 Å². The number of hydrogen-bond donors (Lipinski definition) is 0. The number of rotatable bonds is 9. The molecule has 4 aromatic rings. The fraction of sp³-hybridized carbons (Fsp3) is 0.485. The Hall–Kier alpha value is -3.61. The Labute approximate surface area is 257 Å². The molecule has 12 heteroatoms. The Morgan fingerprint density at radius 2 is 1.78 bits per heavy atom. The van der Waals surface area contributed by atoms with Crippen molar-refractivity contribution in [3.05, 3.63) is 54.0 Å². The van der Waals surface area contributed by atoms with E-state index >= 15 is 4.39 Å². The molecule has 1 unspecified atom stereocenters. The molecule has 238 valence electrons. The molecule has 7 rings (SSSR count). The lowest BCUT2D eigenvalue weighted by Gasteiger charge is -2.31. The van der Waals surface area contributed by atoms with Crippen molar-refractivity contribution in [3.63, 3.8) is 0 Å². The van der Waals surface area contributed by atoms with Crippen LogP contribution in [-0.4, -0.2) is 70.8 Å². The summed E-state index contributed by atoms with van der Waals surface area (Å²) in [5, 5.41) is 1.53. The number of halogens is 4. The molecular weight excluding hydrogens is 592 g/mol. The third-order valence-electron chi connectivity index (χ3n) is 9.09. The van der Waals surface area contributed by atoms with Crippen LogP contribution in [0.25, 0.3) is 32.9 Å². The summed E-state index contributed by atoms with van der Waals surface area (Å²) in [4.78, 5) is 15.3. The maximum atomic E-state index is 16.5. The highest BCUT2D eigenvalue weighted by Crippen LogP contribution is 2.40. The summed E-state index contributed by atoms with van der Waals surface area (Å²) in [7, 11) is 0. The van der Waals surface area contributed by atoms with Gasteiger partial charge in [-0.15, -0.1) is 0 Å². The number of alkyl halides is 3. The normalized spacial score (nSPS) is 20.1. The van der Waals surface area contributed by atoms with Gasteiger partial charge in [0.1, 0.15) is 17.8 Å². The van der Waals surface area contributed by atoms with E-state index in [1.165, 1.54) is 6.20 Å². The first-order chi connectivity index (χ1) is 21.8. The van der Waals surface area contributed by atoms with Crippen LogP contribution < -0.4 is 9.47 Å². The molecule has 0 spiro atoms. The van der Waals surface area contributed by atoms with E-state index in [-0.39, 0.29) is 47.7 Å². The van der Waals surface area contributed by atoms with Crippen molar-refractivity contribution in [3.8, 4) is 23.1 Å². The smallest absolute Gasteiger partial charge is 0.422 e. The minimum Gasteiger partial charge on any atom is -0.467 e. The van der Waals surface area contributed by atoms with Gasteiger partial charge in [0.25, 0.3) is 0 Å². The van der Waals surface area contributed by atoms with Crippen LogP contribution in [0.5, 0.6) is 11.9 Å². The summed E-state index contributed by atoms with van der Waals surface area (Å²) in [6.07, 6.45) is 3.13. The lowest BCUT2D eigenvalue weighted by Crippen LogP contribution is -2.43. The quantitative estimate of drug-likeness (QED) is 0.184. The molecule has 0 N–H and O–H groups in total. The van der Waals surface area contributed by atoms with E-state index in [0.29, 0.717) is 12.2 Å². The Kier molecular flexibility index (Phi) is 8.22. The van der Waals surface area contributed by atoms with Crippen molar-refractivity contribution in [2.24, 2.45) is 0 Å². The molecule has 1 atom stereocenters. The van der Waals surface area contributed by atoms with Crippen LogP contribution in [0.15, 0.2) is 42.6 Å². The van der Waals surface area contributed by atoms with E-state index in [1.54, 1.807) is 12.1 Å². The zero-order valence-corrected chi connectivity index (χ0v) is 24.7. The van der Waals surface area contributed by atoms with E-state index < -0.39 is 24.5 Å². The van der Waals surface area contributed by atoms with Gasteiger partial charge in [0.2, 0.25) is 5.88 Å². The van der Waals surface area contributed by atoms with Crippen LogP contribution in [0.2, 0.25) is 0 Å². The van der Waals surface area contributed by atoms with Crippen LogP contribution in [0.3, 0.4) is 0 Å². The molecular formula is C33H34F4N4O4. The number of hydrogen-bond acceptors (Lipinski definition) is 8. The van der Waals surface area contributed by atoms with Crippen molar-refractivity contribution in [1.29, 1.82) is 0 Å². The van der Waals surface area contributed by atoms with Gasteiger partial charge in [-0.25, -0.2) is 4.39 Å². The lowest BCUT2D eigenvalue weighted by atomic mass is 9.95. The third-order valence-corrected chi connectivity index (χ3v) is 9.09. The summed E-state index contributed by atoms with van der Waals surface area (Å²) < 4.78 is 78.9. The number of nitrogens with zero attached hydrogens (tertiary/aromatic N) is 4. The summed E-state index contributed by atoms with van der Waals surface area (Å²) in [5.41, 5.74) is 0.933. The first-order valence-corrected chi connectivity index (χ1v) is 15.5. The summed E-state index contributed by atoms with van der Waals surface area (Å²) in [5.74, 6) is -1.24. The average Bonchev–Trinajstić information content (AvgIpc) is 3.63. The van der Waals surface area contributed by atoms with Crippen molar-refractivity contribution in [2.75, 3.05) is 32.9 Å². The average molecular weight is 627 g/mol. The monoisotopic (exact) mass is 626 g/mol. The van der Waals surface area contributed by atoms with Crippen molar-refractivity contribution >= 4 is 21.7 Å². The van der Waals surface area contributed by atoms with Crippen LogP contribution in [-0.2, 0) is 16.1 Å². The van der Waals surface area contributed by atoms with E-state index in [1.807, 2.05) is 24.3 Å². The summed E-state index contributed by atoms with van der Waals surface area (Å²) in [6, 6.07) is 11.0. The molecule has 2 aromatic heterocycles. The Balaban J connectivity index is 1.27. The molecule has 8 nitrogen and oxygen atoms in total. The molecule has 3 aliphatic heterocycles. The van der Waals surface area contributed by atoms with E-state index in [0.717, 1.165) is 74.4 Å². The maximum absolute atomic E-state index is 16.5. The first kappa shape index (κ1) is 30.1. The highest BCUT2D eigenvalue weighted by molar-refractivity contribution is 6.00. The number of pyridine rings is 1. The van der Waals surface area contributed by atoms with Gasteiger partial charge in [-0.05, 0) is 74.4 Å². The third kappa shape index (κ3) is 6.15. The second-order valence-electron chi connectivity index (χ2n) is 12.0. The molecule has 0 saturated carbocycles. The molecule has 0 bridgehead atoms. The van der Waals surface area contributed by atoms with Gasteiger partial charge in [0, 0.05) is 18.4 Å². The number of ether oxygens (including phenoxy) is 4. The molecule has 0 aliphatic carbocycles. The second kappa shape index (κ2) is 12.3. The number of benzene rings is 2. The van der Waals surface area contributed by atoms with Crippen LogP contribution >= 0.6 is 0 Å². The van der Waals surface area contributed by atoms with Crippen LogP contribution in [0.1, 0.15) is 50.5 Å². The van der Waals surface area contributed by atoms with Gasteiger partial charge in [-0.1, -0.05) is 36.4 Å². The molecule has 2 aromatic carbocycles. The van der Waals surface area contributed by atoms with E-state index in [4.69, 9.17) is 18.9 Å². The highest BCUT2D eigenvalue weighted by Gasteiger charge is 2.45. The molecule has 0 radical (unpaired) electrons. The predicted molar refractivity (Wildman–Crippen MR) is 158 cm³/mol. The zero-order chi connectivity index (χ0) is 31.0. The van der Waals surface area contributed by atoms with Gasteiger partial charge >= 0.3 is 12.2 Å². The van der Waals surface area contributed by atoms with Gasteiger partial charge in [-0.3, -0.25) is 9.88 Å². The fourth-order valence-corrected chi connectivity index (χ4v) is 6.94. The Morgan fingerprint density at radius 1 is 0.978 bits per heavy atom. The molecule has 0 amide bonds. The summed E-state index contributed by atoms with van der Waals surface area (Å²) >= 11 is 0. The largest absolute Gasteiger partial charge is 0.467 e. The number of aromatic nitrogens is 3. The molecule has 45 heavy (non-hydrogen) atoms. The topological polar surface area (TPSA) is 78.8 Å². The lowest BCUT2D eigenvalue weighted by molar-refractivity contribution is -0.168. The minimum atomic E-state index is -4.62. The van der Waals surface area contributed by atoms with E-state index in [2.05, 4.69) is 19.9 Å². The molecule has 3 aliphatic rings. The second-order valence-corrected chi connectivity index (χ2v) is 12.0. The Bertz CT molecular complexity index is 1680. The fourth-order valence-electron chi connectivity index (χ4n) is 6.94. The highest BCUT2D eigenvalue weighted by atomic mass is 19.4. The van der Waals surface area contributed by atoms with Crippen LogP contribution in [0.4, 0.5) is 17.6 Å². The first-order valence-electron chi connectivity index (χ1n) is 15.5. The zero-order valence-electron chi connectivity index (χ0n) is 24.7. The molecule has 3 saturated heterocycles. The number of fused-ring (bicyclic) bond motifs is 3. The van der Waals surface area contributed by atoms with Crippen molar-refractivity contribution < 1.29 is 36.5 Å². The SMILES string of the molecule is Fc1c(-c2cccc3cccc(COC4CCCCO4)c23)ncc2c(OCC(F)(F)F)nc(OCC34CCCN3CCC4)nc12. The molecule has 5 heterocycles. The maximum Gasteiger partial charge on any atom is 0.422 e. The van der Waals surface area contributed by atoms with Crippen LogP contribution in [0, 0.1) is 5.82 Å². The van der Waals surface area contributed by atoms with Gasteiger partial charge < -0.3 is 18.9 Å². The Morgan fingerprint density at radius 3 is 2.53 bits per heavy atom. The van der Waals surface area contributed by atoms with E-state index in [9.17, 15) is 13.2 Å². The summed E-state index contributed by atoms with van der Waals surface area (Å²) in [6.45, 7) is 1.50.